The molecular formula is C8H10OS. The van der Waals surface area contributed by atoms with Gasteiger partial charge in [0.1, 0.15) is 0 Å². The number of carbonyl (C=O) groups excluding carboxylic acids is 1. The monoisotopic (exact) mass is 154 g/mol. The Morgan fingerprint density at radius 1 is 1.70 bits per heavy atom. The third-order valence-corrected chi connectivity index (χ3v) is 1.93. The Morgan fingerprint density at radius 3 is 3.10 bits per heavy atom. The molecule has 0 heterocycles. The van der Waals surface area contributed by atoms with Crippen LogP contribution in [0.25, 0.3) is 0 Å². The second-order valence-electron chi connectivity index (χ2n) is 2.23. The molecule has 1 aliphatic carbocycles. The highest BCUT2D eigenvalue weighted by molar-refractivity contribution is 7.98. The van der Waals surface area contributed by atoms with Gasteiger partial charge in [0.25, 0.3) is 0 Å². The molecule has 0 bridgehead atoms. The normalized spacial score (nSPS) is 17.3. The molecule has 1 rings (SSSR count). The third kappa shape index (κ3) is 2.03. The lowest BCUT2D eigenvalue weighted by Crippen LogP contribution is -1.98. The molecule has 0 aromatic heterocycles. The van der Waals surface area contributed by atoms with E-state index in [4.69, 9.17) is 0 Å². The molecule has 0 aliphatic heterocycles. The minimum Gasteiger partial charge on any atom is -0.295 e. The average molecular weight is 154 g/mol. The maximum atomic E-state index is 10.8. The van der Waals surface area contributed by atoms with Gasteiger partial charge < -0.3 is 0 Å². The predicted molar refractivity (Wildman–Crippen MR) is 45.2 cm³/mol. The van der Waals surface area contributed by atoms with Crippen molar-refractivity contribution in [1.29, 1.82) is 0 Å². The summed E-state index contributed by atoms with van der Waals surface area (Å²) in [6, 6.07) is 0. The molecule has 0 amide bonds. The summed E-state index contributed by atoms with van der Waals surface area (Å²) in [7, 11) is 0. The lowest BCUT2D eigenvalue weighted by Gasteiger charge is -2.02. The molecule has 0 aromatic carbocycles. The van der Waals surface area contributed by atoms with Gasteiger partial charge in [-0.3, -0.25) is 4.79 Å². The second-order valence-corrected chi connectivity index (χ2v) is 3.09. The lowest BCUT2D eigenvalue weighted by atomic mass is 10.1. The first-order valence-electron chi connectivity index (χ1n) is 3.22. The van der Waals surface area contributed by atoms with Gasteiger partial charge in [-0.25, -0.2) is 0 Å². The van der Waals surface area contributed by atoms with Crippen molar-refractivity contribution in [3.05, 3.63) is 23.8 Å². The number of carbonyl (C=O) groups is 1. The molecule has 0 saturated heterocycles. The SMILES string of the molecule is CSCC1=CC(=O)CC=C1. The number of thioether (sulfide) groups is 1. The van der Waals surface area contributed by atoms with Crippen molar-refractivity contribution >= 4 is 17.5 Å². The first kappa shape index (κ1) is 7.61. The quantitative estimate of drug-likeness (QED) is 0.603. The van der Waals surface area contributed by atoms with Gasteiger partial charge in [-0.15, -0.1) is 0 Å². The number of rotatable bonds is 2. The maximum absolute atomic E-state index is 10.8. The smallest absolute Gasteiger partial charge is 0.159 e. The molecule has 1 aliphatic rings. The standard InChI is InChI=1S/C8H10OS/c1-10-6-7-3-2-4-8(9)5-7/h2-3,5H,4,6H2,1H3. The van der Waals surface area contributed by atoms with E-state index < -0.39 is 0 Å². The van der Waals surface area contributed by atoms with Crippen LogP contribution in [-0.2, 0) is 4.79 Å². The van der Waals surface area contributed by atoms with E-state index in [-0.39, 0.29) is 5.78 Å². The molecule has 0 fully saturated rings. The van der Waals surface area contributed by atoms with Crippen LogP contribution < -0.4 is 0 Å². The van der Waals surface area contributed by atoms with E-state index in [1.165, 1.54) is 0 Å². The number of allylic oxidation sites excluding steroid dienone is 3. The van der Waals surface area contributed by atoms with Gasteiger partial charge >= 0.3 is 0 Å². The molecule has 1 nitrogen and oxygen atoms in total. The number of ketones is 1. The largest absolute Gasteiger partial charge is 0.295 e. The number of hydrogen-bond donors (Lipinski definition) is 0. The highest BCUT2D eigenvalue weighted by Crippen LogP contribution is 2.10. The van der Waals surface area contributed by atoms with Crippen molar-refractivity contribution in [3.8, 4) is 0 Å². The summed E-state index contributed by atoms with van der Waals surface area (Å²) < 4.78 is 0. The summed E-state index contributed by atoms with van der Waals surface area (Å²) in [5.74, 6) is 1.17. The van der Waals surface area contributed by atoms with Gasteiger partial charge in [0, 0.05) is 12.2 Å². The molecule has 0 aromatic rings. The second kappa shape index (κ2) is 3.62. The van der Waals surface area contributed by atoms with Crippen molar-refractivity contribution in [2.45, 2.75) is 6.42 Å². The van der Waals surface area contributed by atoms with Crippen LogP contribution in [0.2, 0.25) is 0 Å². The zero-order valence-electron chi connectivity index (χ0n) is 5.96. The van der Waals surface area contributed by atoms with Crippen LogP contribution in [0.1, 0.15) is 6.42 Å². The lowest BCUT2D eigenvalue weighted by molar-refractivity contribution is -0.113. The Hall–Kier alpha value is -0.500. The van der Waals surface area contributed by atoms with Crippen LogP contribution in [0.3, 0.4) is 0 Å². The summed E-state index contributed by atoms with van der Waals surface area (Å²) in [6.45, 7) is 0. The van der Waals surface area contributed by atoms with Gasteiger partial charge in [0.2, 0.25) is 0 Å². The van der Waals surface area contributed by atoms with Crippen LogP contribution in [-0.4, -0.2) is 17.8 Å². The molecule has 2 heteroatoms. The Balaban J connectivity index is 2.57. The average Bonchev–Trinajstić information content (AvgIpc) is 1.88. The van der Waals surface area contributed by atoms with Crippen LogP contribution in [0.15, 0.2) is 23.8 Å². The van der Waals surface area contributed by atoms with Crippen molar-refractivity contribution in [2.24, 2.45) is 0 Å². The number of hydrogen-bond acceptors (Lipinski definition) is 2. The first-order valence-corrected chi connectivity index (χ1v) is 4.61. The summed E-state index contributed by atoms with van der Waals surface area (Å²) in [5.41, 5.74) is 1.14. The molecule has 0 unspecified atom stereocenters. The highest BCUT2D eigenvalue weighted by Gasteiger charge is 2.02. The van der Waals surface area contributed by atoms with Crippen molar-refractivity contribution in [2.75, 3.05) is 12.0 Å². The fourth-order valence-electron chi connectivity index (χ4n) is 0.897. The Bertz CT molecular complexity index is 191. The predicted octanol–water partition coefficient (Wildman–Crippen LogP) is 1.80. The summed E-state index contributed by atoms with van der Waals surface area (Å²) in [5, 5.41) is 0. The molecule has 0 atom stereocenters. The van der Waals surface area contributed by atoms with E-state index >= 15 is 0 Å². The van der Waals surface area contributed by atoms with Gasteiger partial charge in [-0.2, -0.15) is 11.8 Å². The minimum atomic E-state index is 0.228. The fourth-order valence-corrected chi connectivity index (χ4v) is 1.41. The third-order valence-electron chi connectivity index (χ3n) is 1.31. The van der Waals surface area contributed by atoms with E-state index in [1.54, 1.807) is 17.8 Å². The van der Waals surface area contributed by atoms with Crippen LogP contribution in [0.4, 0.5) is 0 Å². The van der Waals surface area contributed by atoms with Crippen molar-refractivity contribution in [3.63, 3.8) is 0 Å². The molecule has 0 radical (unpaired) electrons. The van der Waals surface area contributed by atoms with E-state index in [0.29, 0.717) is 6.42 Å². The summed E-state index contributed by atoms with van der Waals surface area (Å²) in [6.07, 6.45) is 8.30. The maximum Gasteiger partial charge on any atom is 0.159 e. The minimum absolute atomic E-state index is 0.228. The van der Waals surface area contributed by atoms with Crippen molar-refractivity contribution in [1.82, 2.24) is 0 Å². The summed E-state index contributed by atoms with van der Waals surface area (Å²) >= 11 is 1.74. The molecule has 10 heavy (non-hydrogen) atoms. The topological polar surface area (TPSA) is 17.1 Å². The highest BCUT2D eigenvalue weighted by atomic mass is 32.2. The molecule has 54 valence electrons. The van der Waals surface area contributed by atoms with Crippen LogP contribution >= 0.6 is 11.8 Å². The van der Waals surface area contributed by atoms with E-state index in [1.807, 2.05) is 18.4 Å². The van der Waals surface area contributed by atoms with Crippen molar-refractivity contribution < 1.29 is 4.79 Å². The Kier molecular flexibility index (Phi) is 2.75. The zero-order chi connectivity index (χ0) is 7.40. The van der Waals surface area contributed by atoms with Gasteiger partial charge in [-0.1, -0.05) is 12.2 Å². The van der Waals surface area contributed by atoms with Crippen LogP contribution in [0.5, 0.6) is 0 Å². The van der Waals surface area contributed by atoms with Gasteiger partial charge in [0.05, 0.1) is 0 Å². The summed E-state index contributed by atoms with van der Waals surface area (Å²) in [4.78, 5) is 10.8. The van der Waals surface area contributed by atoms with E-state index in [9.17, 15) is 4.79 Å². The Morgan fingerprint density at radius 2 is 2.50 bits per heavy atom. The zero-order valence-corrected chi connectivity index (χ0v) is 6.78. The molecule has 0 spiro atoms. The van der Waals surface area contributed by atoms with E-state index in [2.05, 4.69) is 0 Å². The van der Waals surface area contributed by atoms with E-state index in [0.717, 1.165) is 11.3 Å². The Labute approximate surface area is 65.2 Å². The van der Waals surface area contributed by atoms with Gasteiger partial charge in [-0.05, 0) is 17.9 Å². The molecule has 0 N–H and O–H groups in total. The first-order chi connectivity index (χ1) is 4.83. The molecular weight excluding hydrogens is 144 g/mol. The fraction of sp³-hybridized carbons (Fsp3) is 0.375. The van der Waals surface area contributed by atoms with Crippen LogP contribution in [0, 0.1) is 0 Å². The van der Waals surface area contributed by atoms with Gasteiger partial charge in [0.15, 0.2) is 5.78 Å². The molecule has 0 saturated carbocycles.